The third-order valence-electron chi connectivity index (χ3n) is 7.74. The second-order valence-electron chi connectivity index (χ2n) is 13.2. The van der Waals surface area contributed by atoms with Gasteiger partial charge in [0.25, 0.3) is 5.91 Å². The van der Waals surface area contributed by atoms with Gasteiger partial charge in [0.05, 0.1) is 12.5 Å². The van der Waals surface area contributed by atoms with Crippen LogP contribution in [0.4, 0.5) is 4.79 Å². The van der Waals surface area contributed by atoms with Crippen LogP contribution in [-0.2, 0) is 31.0 Å². The fourth-order valence-electron chi connectivity index (χ4n) is 5.19. The van der Waals surface area contributed by atoms with Crippen molar-refractivity contribution >= 4 is 23.7 Å². The molecule has 0 aromatic heterocycles. The number of unbranched alkanes of at least 4 members (excludes halogenated alkanes) is 1. The Morgan fingerprint density at radius 2 is 1.64 bits per heavy atom. The zero-order chi connectivity index (χ0) is 31.1. The molecule has 228 valence electrons. The summed E-state index contributed by atoms with van der Waals surface area (Å²) in [7, 11) is 0. The first-order valence-corrected chi connectivity index (χ1v) is 15.0. The highest BCUT2D eigenvalue weighted by atomic mass is 16.6. The second-order valence-corrected chi connectivity index (χ2v) is 13.2. The molecule has 1 unspecified atom stereocenters. The molecule has 1 aliphatic heterocycles. The zero-order valence-electron chi connectivity index (χ0n) is 26.2. The van der Waals surface area contributed by atoms with Crippen molar-refractivity contribution in [1.29, 1.82) is 0 Å². The van der Waals surface area contributed by atoms with Crippen LogP contribution in [0.1, 0.15) is 96.9 Å². The highest BCUT2D eigenvalue weighted by molar-refractivity contribution is 6.38. The number of hydrogen-bond acceptors (Lipinski definition) is 5. The number of Topliss-reactive ketones (excluding diaryl/α,β-unsaturated/α-hetero) is 1. The summed E-state index contributed by atoms with van der Waals surface area (Å²) < 4.78 is 5.74. The second kappa shape index (κ2) is 14.0. The van der Waals surface area contributed by atoms with E-state index in [9.17, 15) is 19.2 Å². The number of nitrogens with one attached hydrogen (secondary N) is 2. The van der Waals surface area contributed by atoms with Gasteiger partial charge in [-0.2, -0.15) is 0 Å². The molecule has 3 amide bonds. The molecule has 2 N–H and O–H groups in total. The van der Waals surface area contributed by atoms with Crippen LogP contribution in [0.25, 0.3) is 0 Å². The molecule has 0 aliphatic carbocycles. The minimum Gasteiger partial charge on any atom is -0.425 e. The number of rotatable bonds is 11. The quantitative estimate of drug-likeness (QED) is 0.327. The van der Waals surface area contributed by atoms with Gasteiger partial charge in [0.15, 0.2) is 6.23 Å². The minimum atomic E-state index is -1.03. The Hall–Kier alpha value is -3.68. The van der Waals surface area contributed by atoms with Crippen LogP contribution in [0.3, 0.4) is 0 Å². The zero-order valence-corrected chi connectivity index (χ0v) is 26.2. The molecule has 8 nitrogen and oxygen atoms in total. The molecule has 3 rings (SSSR count). The largest absolute Gasteiger partial charge is 0.425 e. The summed E-state index contributed by atoms with van der Waals surface area (Å²) in [6.45, 7) is 14.7. The number of ketones is 1. The van der Waals surface area contributed by atoms with Crippen molar-refractivity contribution in [2.24, 2.45) is 5.41 Å². The number of amides is 3. The average Bonchev–Trinajstić information content (AvgIpc) is 3.24. The van der Waals surface area contributed by atoms with E-state index in [1.54, 1.807) is 11.8 Å². The molecule has 1 fully saturated rings. The molecule has 0 bridgehead atoms. The summed E-state index contributed by atoms with van der Waals surface area (Å²) in [5.74, 6) is -1.61. The van der Waals surface area contributed by atoms with Crippen LogP contribution in [0, 0.1) is 5.41 Å². The number of hydrogen-bond donors (Lipinski definition) is 2. The number of carbonyl (C=O) groups excluding carboxylic acids is 4. The number of ether oxygens (including phenoxy) is 1. The van der Waals surface area contributed by atoms with E-state index in [0.29, 0.717) is 25.8 Å². The number of alkyl carbamates (subject to hydrolysis) is 1. The molecule has 1 aliphatic rings. The monoisotopic (exact) mass is 577 g/mol. The van der Waals surface area contributed by atoms with E-state index in [2.05, 4.69) is 31.4 Å². The standard InChI is InChI=1S/C34H47N3O5/c1-8-9-15-27(30(39)31(40)35-23(2)25-13-11-10-12-14-25)36-32(41)42-29-21-34(6,7)22-37(29)28(38)20-24-16-18-26(19-17-24)33(3,4)5/h10-14,16-19,23,27,29H,8-9,15,20-22H2,1-7H3,(H,35,40)(H,36,41)/t23-,27+,29?/m1/s1. The van der Waals surface area contributed by atoms with Gasteiger partial charge in [-0.25, -0.2) is 4.79 Å². The van der Waals surface area contributed by atoms with Gasteiger partial charge in [0, 0.05) is 13.0 Å². The molecule has 0 radical (unpaired) electrons. The van der Waals surface area contributed by atoms with Crippen LogP contribution < -0.4 is 10.6 Å². The van der Waals surface area contributed by atoms with Crippen molar-refractivity contribution in [1.82, 2.24) is 15.5 Å². The predicted octanol–water partition coefficient (Wildman–Crippen LogP) is 5.84. The van der Waals surface area contributed by atoms with Gasteiger partial charge in [-0.15, -0.1) is 0 Å². The molecule has 8 heteroatoms. The fraction of sp³-hybridized carbons (Fsp3) is 0.529. The Morgan fingerprint density at radius 1 is 1.00 bits per heavy atom. The lowest BCUT2D eigenvalue weighted by Gasteiger charge is -2.26. The first-order chi connectivity index (χ1) is 19.7. The maximum absolute atomic E-state index is 13.4. The smallest absolute Gasteiger partial charge is 0.409 e. The Bertz CT molecular complexity index is 1230. The van der Waals surface area contributed by atoms with Crippen molar-refractivity contribution in [2.45, 2.75) is 104 Å². The number of likely N-dealkylation sites (tertiary alicyclic amines) is 1. The Balaban J connectivity index is 1.65. The summed E-state index contributed by atoms with van der Waals surface area (Å²) >= 11 is 0. The predicted molar refractivity (Wildman–Crippen MR) is 164 cm³/mol. The summed E-state index contributed by atoms with van der Waals surface area (Å²) in [5, 5.41) is 5.35. The lowest BCUT2D eigenvalue weighted by Crippen LogP contribution is -2.49. The van der Waals surface area contributed by atoms with E-state index in [0.717, 1.165) is 17.5 Å². The van der Waals surface area contributed by atoms with Gasteiger partial charge >= 0.3 is 6.09 Å². The Labute approximate surface area is 250 Å². The number of nitrogens with zero attached hydrogens (tertiary/aromatic N) is 1. The summed E-state index contributed by atoms with van der Waals surface area (Å²) in [6, 6.07) is 16.0. The molecular weight excluding hydrogens is 530 g/mol. The Kier molecular flexibility index (Phi) is 10.9. The highest BCUT2D eigenvalue weighted by Crippen LogP contribution is 2.35. The topological polar surface area (TPSA) is 105 Å². The Morgan fingerprint density at radius 3 is 2.24 bits per heavy atom. The van der Waals surface area contributed by atoms with Crippen molar-refractivity contribution in [2.75, 3.05) is 6.54 Å². The molecule has 2 aromatic carbocycles. The lowest BCUT2D eigenvalue weighted by atomic mass is 9.86. The van der Waals surface area contributed by atoms with E-state index in [1.165, 1.54) is 5.56 Å². The highest BCUT2D eigenvalue weighted by Gasteiger charge is 2.42. The SMILES string of the molecule is CCCC[C@H](NC(=O)OC1CC(C)(C)CN1C(=O)Cc1ccc(C(C)(C)C)cc1)C(=O)C(=O)N[C@H](C)c1ccccc1. The summed E-state index contributed by atoms with van der Waals surface area (Å²) in [4.78, 5) is 54.0. The fourth-order valence-corrected chi connectivity index (χ4v) is 5.19. The van der Waals surface area contributed by atoms with E-state index >= 15 is 0 Å². The van der Waals surface area contributed by atoms with Gasteiger partial charge < -0.3 is 20.3 Å². The molecular formula is C34H47N3O5. The van der Waals surface area contributed by atoms with Crippen LogP contribution in [0.2, 0.25) is 0 Å². The lowest BCUT2D eigenvalue weighted by molar-refractivity contribution is -0.140. The first kappa shape index (κ1) is 32.8. The van der Waals surface area contributed by atoms with E-state index in [1.807, 2.05) is 75.4 Å². The normalized spacial score (nSPS) is 17.7. The van der Waals surface area contributed by atoms with Crippen molar-refractivity contribution in [3.8, 4) is 0 Å². The molecule has 1 heterocycles. The molecule has 2 aromatic rings. The molecule has 0 spiro atoms. The van der Waals surface area contributed by atoms with Gasteiger partial charge in [-0.3, -0.25) is 14.4 Å². The van der Waals surface area contributed by atoms with Crippen molar-refractivity contribution in [3.05, 3.63) is 71.3 Å². The number of carbonyl (C=O) groups is 4. The summed E-state index contributed by atoms with van der Waals surface area (Å²) in [5.41, 5.74) is 2.72. The van der Waals surface area contributed by atoms with Crippen LogP contribution in [0.5, 0.6) is 0 Å². The molecule has 0 saturated carbocycles. The van der Waals surface area contributed by atoms with Gasteiger partial charge in [-0.05, 0) is 40.9 Å². The third kappa shape index (κ3) is 9.16. The van der Waals surface area contributed by atoms with Crippen LogP contribution in [0.15, 0.2) is 54.6 Å². The average molecular weight is 578 g/mol. The maximum atomic E-state index is 13.4. The molecule has 42 heavy (non-hydrogen) atoms. The van der Waals surface area contributed by atoms with Crippen LogP contribution in [-0.4, -0.2) is 47.4 Å². The summed E-state index contributed by atoms with van der Waals surface area (Å²) in [6.07, 6.45) is 0.822. The molecule has 1 saturated heterocycles. The third-order valence-corrected chi connectivity index (χ3v) is 7.74. The van der Waals surface area contributed by atoms with E-state index < -0.39 is 30.1 Å². The van der Waals surface area contributed by atoms with Crippen molar-refractivity contribution in [3.63, 3.8) is 0 Å². The minimum absolute atomic E-state index is 0.0188. The number of benzene rings is 2. The van der Waals surface area contributed by atoms with E-state index in [4.69, 9.17) is 4.74 Å². The first-order valence-electron chi connectivity index (χ1n) is 15.0. The van der Waals surface area contributed by atoms with Crippen LogP contribution >= 0.6 is 0 Å². The van der Waals surface area contributed by atoms with E-state index in [-0.39, 0.29) is 29.2 Å². The van der Waals surface area contributed by atoms with Crippen molar-refractivity contribution < 1.29 is 23.9 Å². The van der Waals surface area contributed by atoms with Gasteiger partial charge in [-0.1, -0.05) is 109 Å². The maximum Gasteiger partial charge on any atom is 0.409 e. The van der Waals surface area contributed by atoms with Gasteiger partial charge in [0.2, 0.25) is 11.7 Å². The van der Waals surface area contributed by atoms with Gasteiger partial charge in [0.1, 0.15) is 6.04 Å². The molecule has 3 atom stereocenters.